The Bertz CT molecular complexity index is 798. The van der Waals surface area contributed by atoms with Crippen LogP contribution in [0.5, 0.6) is 0 Å². The molecule has 0 saturated heterocycles. The van der Waals surface area contributed by atoms with Gasteiger partial charge in [-0.25, -0.2) is 8.42 Å². The van der Waals surface area contributed by atoms with E-state index in [9.17, 15) is 8.42 Å². The van der Waals surface area contributed by atoms with Crippen LogP contribution in [0.2, 0.25) is 10.0 Å². The van der Waals surface area contributed by atoms with Crippen LogP contribution >= 0.6 is 62.7 Å². The zero-order valence-corrected chi connectivity index (χ0v) is 15.6. The van der Waals surface area contributed by atoms with Gasteiger partial charge >= 0.3 is 0 Å². The topological polar surface area (TPSA) is 72.2 Å². The van der Waals surface area contributed by atoms with Crippen LogP contribution < -0.4 is 10.5 Å². The molecule has 21 heavy (non-hydrogen) atoms. The van der Waals surface area contributed by atoms with Gasteiger partial charge in [0.25, 0.3) is 10.0 Å². The number of anilines is 1. The molecule has 0 radical (unpaired) electrons. The molecule has 1 aromatic heterocycles. The predicted molar refractivity (Wildman–Crippen MR) is 95.2 cm³/mol. The summed E-state index contributed by atoms with van der Waals surface area (Å²) in [6, 6.07) is 6.05. The molecule has 1 aromatic carbocycles. The van der Waals surface area contributed by atoms with Crippen LogP contribution in [-0.4, -0.2) is 13.4 Å². The van der Waals surface area contributed by atoms with Crippen LogP contribution in [0, 0.1) is 0 Å². The van der Waals surface area contributed by atoms with Crippen LogP contribution in [0.25, 0.3) is 0 Å². The largest absolute Gasteiger partial charge is 0.389 e. The van der Waals surface area contributed by atoms with E-state index < -0.39 is 10.0 Å². The van der Waals surface area contributed by atoms with Crippen molar-refractivity contribution in [1.29, 1.82) is 0 Å². The van der Waals surface area contributed by atoms with Crippen LogP contribution in [0.3, 0.4) is 0 Å². The number of hydrogen-bond acceptors (Lipinski definition) is 4. The van der Waals surface area contributed by atoms with Crippen molar-refractivity contribution >= 4 is 83.4 Å². The Hall–Kier alpha value is -0.380. The molecule has 0 saturated carbocycles. The second-order valence-electron chi connectivity index (χ2n) is 3.83. The third-order valence-electron chi connectivity index (χ3n) is 2.33. The number of sulfonamides is 1. The minimum absolute atomic E-state index is 0.0698. The summed E-state index contributed by atoms with van der Waals surface area (Å²) in [5.74, 6) is 0. The number of nitrogens with two attached hydrogens (primary N) is 1. The quantitative estimate of drug-likeness (QED) is 0.689. The third-order valence-corrected chi connectivity index (χ3v) is 6.70. The Morgan fingerprint density at radius 3 is 2.33 bits per heavy atom. The molecule has 0 amide bonds. The highest BCUT2D eigenvalue weighted by Gasteiger charge is 2.20. The summed E-state index contributed by atoms with van der Waals surface area (Å²) in [6.45, 7) is 0. The van der Waals surface area contributed by atoms with Crippen LogP contribution in [-0.2, 0) is 10.0 Å². The van der Waals surface area contributed by atoms with Crippen LogP contribution in [0.15, 0.2) is 32.9 Å². The second-order valence-corrected chi connectivity index (χ2v) is 9.00. The first-order valence-corrected chi connectivity index (χ1v) is 9.53. The van der Waals surface area contributed by atoms with Gasteiger partial charge in [-0.3, -0.25) is 4.72 Å². The van der Waals surface area contributed by atoms with E-state index in [1.54, 1.807) is 18.2 Å². The average Bonchev–Trinajstić information content (AvgIpc) is 2.84. The van der Waals surface area contributed by atoms with Crippen LogP contribution in [0.4, 0.5) is 5.69 Å². The molecular weight excluding hydrogens is 439 g/mol. The Morgan fingerprint density at radius 1 is 1.29 bits per heavy atom. The normalized spacial score (nSPS) is 11.4. The van der Waals surface area contributed by atoms with Crippen molar-refractivity contribution in [3.63, 3.8) is 0 Å². The maximum Gasteiger partial charge on any atom is 0.271 e. The lowest BCUT2D eigenvalue weighted by Gasteiger charge is -2.10. The van der Waals surface area contributed by atoms with E-state index in [1.165, 1.54) is 6.07 Å². The molecule has 0 fully saturated rings. The molecule has 10 heteroatoms. The molecule has 4 nitrogen and oxygen atoms in total. The third kappa shape index (κ3) is 3.88. The van der Waals surface area contributed by atoms with Gasteiger partial charge in [0.2, 0.25) is 0 Å². The van der Waals surface area contributed by atoms with E-state index >= 15 is 0 Å². The Morgan fingerprint density at radius 2 is 1.86 bits per heavy atom. The molecule has 1 heterocycles. The number of rotatable bonds is 4. The average molecular weight is 446 g/mol. The Balaban J connectivity index is 2.40. The van der Waals surface area contributed by atoms with E-state index in [-0.39, 0.29) is 24.9 Å². The zero-order valence-electron chi connectivity index (χ0n) is 10.1. The molecule has 3 N–H and O–H groups in total. The van der Waals surface area contributed by atoms with Crippen molar-refractivity contribution in [3.05, 3.63) is 43.7 Å². The number of halogens is 3. The smallest absolute Gasteiger partial charge is 0.271 e. The van der Waals surface area contributed by atoms with E-state index in [1.807, 2.05) is 0 Å². The van der Waals surface area contributed by atoms with Gasteiger partial charge in [-0.15, -0.1) is 11.3 Å². The minimum atomic E-state index is -3.81. The van der Waals surface area contributed by atoms with E-state index in [0.29, 0.717) is 9.35 Å². The summed E-state index contributed by atoms with van der Waals surface area (Å²) in [6.07, 6.45) is 0. The van der Waals surface area contributed by atoms with Crippen molar-refractivity contribution in [1.82, 2.24) is 0 Å². The Kier molecular flexibility index (Phi) is 5.17. The van der Waals surface area contributed by atoms with Gasteiger partial charge in [0.05, 0.1) is 20.6 Å². The maximum absolute atomic E-state index is 12.3. The first kappa shape index (κ1) is 17.0. The predicted octanol–water partition coefficient (Wildman–Crippen LogP) is 4.25. The zero-order chi connectivity index (χ0) is 15.8. The molecule has 0 aliphatic carbocycles. The number of hydrogen-bond donors (Lipinski definition) is 2. The summed E-state index contributed by atoms with van der Waals surface area (Å²) in [5.41, 5.74) is 5.58. The van der Waals surface area contributed by atoms with Crippen molar-refractivity contribution in [3.8, 4) is 0 Å². The van der Waals surface area contributed by atoms with Gasteiger partial charge < -0.3 is 5.73 Å². The van der Waals surface area contributed by atoms with Gasteiger partial charge in [0.15, 0.2) is 0 Å². The summed E-state index contributed by atoms with van der Waals surface area (Å²) >= 11 is 21.0. The number of thiophene rings is 1. The monoisotopic (exact) mass is 444 g/mol. The molecule has 0 unspecified atom stereocenters. The summed E-state index contributed by atoms with van der Waals surface area (Å²) < 4.78 is 27.7. The molecule has 0 spiro atoms. The van der Waals surface area contributed by atoms with Gasteiger partial charge in [-0.1, -0.05) is 51.3 Å². The molecule has 2 rings (SSSR count). The van der Waals surface area contributed by atoms with Gasteiger partial charge in [0, 0.05) is 4.47 Å². The number of thiocarbonyl (C=S) groups is 1. The molecule has 0 aliphatic heterocycles. The fourth-order valence-corrected chi connectivity index (χ4v) is 5.29. The molecule has 112 valence electrons. The van der Waals surface area contributed by atoms with E-state index in [4.69, 9.17) is 41.2 Å². The summed E-state index contributed by atoms with van der Waals surface area (Å²) in [5, 5.41) is 0.369. The molecular formula is C11H7BrCl2N2O2S3. The maximum atomic E-state index is 12.3. The fourth-order valence-electron chi connectivity index (χ4n) is 1.42. The molecule has 2 aromatic rings. The molecule has 0 atom stereocenters. The minimum Gasteiger partial charge on any atom is -0.389 e. The van der Waals surface area contributed by atoms with Crippen molar-refractivity contribution < 1.29 is 8.42 Å². The molecule has 0 aliphatic rings. The Labute approximate surface area is 149 Å². The lowest BCUT2D eigenvalue weighted by molar-refractivity contribution is 0.603. The highest BCUT2D eigenvalue weighted by molar-refractivity contribution is 9.10. The van der Waals surface area contributed by atoms with E-state index in [2.05, 4.69) is 20.7 Å². The fraction of sp³-hybridized carbons (Fsp3) is 0. The van der Waals surface area contributed by atoms with Gasteiger partial charge in [-0.2, -0.15) is 0 Å². The van der Waals surface area contributed by atoms with Gasteiger partial charge in [0.1, 0.15) is 9.20 Å². The SMILES string of the molecule is NC(=S)c1ccc(S(=O)(=O)Nc2c(Cl)cc(Br)cc2Cl)s1. The van der Waals surface area contributed by atoms with E-state index in [0.717, 1.165) is 11.3 Å². The second kappa shape index (κ2) is 6.39. The number of nitrogens with one attached hydrogen (secondary N) is 1. The van der Waals surface area contributed by atoms with Crippen molar-refractivity contribution in [2.45, 2.75) is 4.21 Å². The number of benzene rings is 1. The van der Waals surface area contributed by atoms with Crippen LogP contribution in [0.1, 0.15) is 4.88 Å². The van der Waals surface area contributed by atoms with Crippen molar-refractivity contribution in [2.75, 3.05) is 4.72 Å². The highest BCUT2D eigenvalue weighted by atomic mass is 79.9. The first-order chi connectivity index (χ1) is 9.70. The molecule has 0 bridgehead atoms. The summed E-state index contributed by atoms with van der Waals surface area (Å²) in [7, 11) is -3.81. The first-order valence-electron chi connectivity index (χ1n) is 5.27. The van der Waals surface area contributed by atoms with Gasteiger partial charge in [-0.05, 0) is 24.3 Å². The lowest BCUT2D eigenvalue weighted by Crippen LogP contribution is -2.12. The standard InChI is InChI=1S/C11H7BrCl2N2O2S3/c12-5-3-6(13)10(7(14)4-5)16-21(17,18)9-2-1-8(20-9)11(15)19/h1-4,16H,(H2,15,19). The highest BCUT2D eigenvalue weighted by Crippen LogP contribution is 2.36. The lowest BCUT2D eigenvalue weighted by atomic mass is 10.3. The summed E-state index contributed by atoms with van der Waals surface area (Å²) in [4.78, 5) is 0.652. The van der Waals surface area contributed by atoms with Crippen molar-refractivity contribution in [2.24, 2.45) is 5.73 Å².